The van der Waals surface area contributed by atoms with Crippen molar-refractivity contribution in [1.29, 1.82) is 0 Å². The maximum absolute atomic E-state index is 6.11. The van der Waals surface area contributed by atoms with Crippen molar-refractivity contribution < 1.29 is 8.98 Å². The van der Waals surface area contributed by atoms with E-state index in [9.17, 15) is 0 Å². The average molecular weight is 303 g/mol. The lowest BCUT2D eigenvalue weighted by atomic mass is 10.0. The van der Waals surface area contributed by atoms with Gasteiger partial charge in [0.05, 0.1) is 5.56 Å². The summed E-state index contributed by atoms with van der Waals surface area (Å²) in [6, 6.07) is 12.7. The summed E-state index contributed by atoms with van der Waals surface area (Å²) in [6.45, 7) is 4.30. The van der Waals surface area contributed by atoms with Crippen molar-refractivity contribution in [2.45, 2.75) is 20.3 Å². The third-order valence-electron chi connectivity index (χ3n) is 4.49. The molecule has 4 aromatic rings. The van der Waals surface area contributed by atoms with Crippen molar-refractivity contribution >= 4 is 22.1 Å². The molecule has 0 saturated heterocycles. The number of rotatable bonds is 2. The molecule has 114 valence electrons. The van der Waals surface area contributed by atoms with Gasteiger partial charge in [-0.2, -0.15) is 0 Å². The highest BCUT2D eigenvalue weighted by Crippen LogP contribution is 2.35. The predicted molar refractivity (Wildman–Crippen MR) is 92.2 cm³/mol. The molecule has 0 aliphatic rings. The fourth-order valence-corrected chi connectivity index (χ4v) is 3.23. The van der Waals surface area contributed by atoms with E-state index < -0.39 is 0 Å². The fourth-order valence-electron chi connectivity index (χ4n) is 3.23. The predicted octanol–water partition coefficient (Wildman–Crippen LogP) is 4.34. The van der Waals surface area contributed by atoms with Crippen LogP contribution in [0.2, 0.25) is 0 Å². The largest absolute Gasteiger partial charge is 0.437 e. The first kappa shape index (κ1) is 13.9. The van der Waals surface area contributed by atoms with Crippen LogP contribution in [0.15, 0.2) is 53.2 Å². The SMILES string of the molecule is CCc1ccc(-c2c(C)ccc3c2oc2ncccc23)[n+](C)c1. The summed E-state index contributed by atoms with van der Waals surface area (Å²) in [6.07, 6.45) is 4.99. The molecule has 0 atom stereocenters. The first-order valence-corrected chi connectivity index (χ1v) is 7.95. The molecule has 0 bridgehead atoms. The number of fused-ring (bicyclic) bond motifs is 3. The van der Waals surface area contributed by atoms with Gasteiger partial charge in [-0.1, -0.05) is 19.1 Å². The Labute approximate surface area is 135 Å². The van der Waals surface area contributed by atoms with Gasteiger partial charge in [-0.3, -0.25) is 0 Å². The highest BCUT2D eigenvalue weighted by Gasteiger charge is 2.20. The van der Waals surface area contributed by atoms with Crippen LogP contribution in [0.25, 0.3) is 33.3 Å². The molecule has 3 nitrogen and oxygen atoms in total. The number of aryl methyl sites for hydroxylation is 3. The van der Waals surface area contributed by atoms with E-state index in [1.807, 2.05) is 6.07 Å². The minimum Gasteiger partial charge on any atom is -0.437 e. The quantitative estimate of drug-likeness (QED) is 0.515. The van der Waals surface area contributed by atoms with E-state index in [1.54, 1.807) is 6.20 Å². The van der Waals surface area contributed by atoms with Crippen molar-refractivity contribution in [3.63, 3.8) is 0 Å². The maximum atomic E-state index is 6.11. The molecule has 0 radical (unpaired) electrons. The zero-order valence-corrected chi connectivity index (χ0v) is 13.6. The lowest BCUT2D eigenvalue weighted by Crippen LogP contribution is -2.31. The molecule has 1 aromatic carbocycles. The highest BCUT2D eigenvalue weighted by molar-refractivity contribution is 6.08. The Bertz CT molecular complexity index is 1030. The Morgan fingerprint density at radius 3 is 2.74 bits per heavy atom. The number of hydrogen-bond donors (Lipinski definition) is 0. The van der Waals surface area contributed by atoms with Gasteiger partial charge in [0.2, 0.25) is 11.4 Å². The molecule has 0 aliphatic carbocycles. The molecule has 3 heterocycles. The van der Waals surface area contributed by atoms with Crippen LogP contribution in [0.5, 0.6) is 0 Å². The van der Waals surface area contributed by atoms with E-state index in [0.717, 1.165) is 34.0 Å². The summed E-state index contributed by atoms with van der Waals surface area (Å²) in [4.78, 5) is 4.36. The smallest absolute Gasteiger partial charge is 0.227 e. The number of aromatic nitrogens is 2. The van der Waals surface area contributed by atoms with E-state index in [4.69, 9.17) is 4.42 Å². The lowest BCUT2D eigenvalue weighted by Gasteiger charge is -2.06. The summed E-state index contributed by atoms with van der Waals surface area (Å²) in [5.74, 6) is 0. The number of benzene rings is 1. The number of furan rings is 1. The lowest BCUT2D eigenvalue weighted by molar-refractivity contribution is -0.660. The Morgan fingerprint density at radius 2 is 1.96 bits per heavy atom. The average Bonchev–Trinajstić information content (AvgIpc) is 2.94. The van der Waals surface area contributed by atoms with E-state index in [-0.39, 0.29) is 0 Å². The minimum absolute atomic E-state index is 0.696. The van der Waals surface area contributed by atoms with Gasteiger partial charge in [0.15, 0.2) is 11.8 Å². The Balaban J connectivity index is 2.08. The molecule has 3 aromatic heterocycles. The summed E-state index contributed by atoms with van der Waals surface area (Å²) < 4.78 is 8.29. The van der Waals surface area contributed by atoms with E-state index in [1.165, 1.54) is 11.1 Å². The molecule has 23 heavy (non-hydrogen) atoms. The zero-order chi connectivity index (χ0) is 16.0. The molecule has 4 rings (SSSR count). The molecule has 0 unspecified atom stereocenters. The van der Waals surface area contributed by atoms with Gasteiger partial charge in [-0.05, 0) is 37.1 Å². The molecule has 3 heteroatoms. The van der Waals surface area contributed by atoms with Crippen LogP contribution < -0.4 is 4.57 Å². The van der Waals surface area contributed by atoms with Crippen molar-refractivity contribution in [3.05, 3.63) is 59.9 Å². The van der Waals surface area contributed by atoms with E-state index >= 15 is 0 Å². The summed E-state index contributed by atoms with van der Waals surface area (Å²) in [5.41, 5.74) is 6.44. The molecule has 0 N–H and O–H groups in total. The van der Waals surface area contributed by atoms with Gasteiger partial charge in [0, 0.05) is 28.6 Å². The second kappa shape index (κ2) is 5.20. The first-order chi connectivity index (χ1) is 11.2. The number of hydrogen-bond acceptors (Lipinski definition) is 2. The van der Waals surface area contributed by atoms with Gasteiger partial charge in [0.1, 0.15) is 7.05 Å². The Kier molecular flexibility index (Phi) is 3.15. The van der Waals surface area contributed by atoms with Crippen molar-refractivity contribution in [2.75, 3.05) is 0 Å². The van der Waals surface area contributed by atoms with Crippen LogP contribution >= 0.6 is 0 Å². The summed E-state index contributed by atoms with van der Waals surface area (Å²) in [7, 11) is 2.09. The molecule has 0 aliphatic heterocycles. The standard InChI is InChI=1S/C20H19N2O/c1-4-14-8-10-17(22(3)12-14)18-13(2)7-9-15-16-6-5-11-21-20(16)23-19(15)18/h5-12H,4H2,1-3H3/q+1. The maximum Gasteiger partial charge on any atom is 0.227 e. The van der Waals surface area contributed by atoms with Crippen molar-refractivity contribution in [3.8, 4) is 11.3 Å². The molecular formula is C20H19N2O+. The fraction of sp³-hybridized carbons (Fsp3) is 0.200. The number of nitrogens with zero attached hydrogens (tertiary/aromatic N) is 2. The van der Waals surface area contributed by atoms with Crippen LogP contribution in [0.3, 0.4) is 0 Å². The molecule has 0 saturated carbocycles. The van der Waals surface area contributed by atoms with Crippen LogP contribution in [-0.4, -0.2) is 4.98 Å². The van der Waals surface area contributed by atoms with E-state index in [0.29, 0.717) is 5.71 Å². The molecule has 0 fully saturated rings. The first-order valence-electron chi connectivity index (χ1n) is 7.95. The van der Waals surface area contributed by atoms with Gasteiger partial charge in [0.25, 0.3) is 0 Å². The van der Waals surface area contributed by atoms with Crippen LogP contribution in [0, 0.1) is 6.92 Å². The normalized spacial score (nSPS) is 11.4. The van der Waals surface area contributed by atoms with Crippen molar-refractivity contribution in [2.24, 2.45) is 7.05 Å². The zero-order valence-electron chi connectivity index (χ0n) is 13.6. The van der Waals surface area contributed by atoms with Gasteiger partial charge in [-0.25, -0.2) is 9.55 Å². The third-order valence-corrected chi connectivity index (χ3v) is 4.49. The van der Waals surface area contributed by atoms with E-state index in [2.05, 4.69) is 67.0 Å². The molecular weight excluding hydrogens is 284 g/mol. The second-order valence-corrected chi connectivity index (χ2v) is 5.98. The Hall–Kier alpha value is -2.68. The third kappa shape index (κ3) is 2.12. The molecule has 0 spiro atoms. The summed E-state index contributed by atoms with van der Waals surface area (Å²) in [5, 5.41) is 2.19. The van der Waals surface area contributed by atoms with Crippen molar-refractivity contribution in [1.82, 2.24) is 4.98 Å². The number of pyridine rings is 2. The molecule has 0 amide bonds. The van der Waals surface area contributed by atoms with Crippen LogP contribution in [-0.2, 0) is 13.5 Å². The van der Waals surface area contributed by atoms with Crippen LogP contribution in [0.1, 0.15) is 18.1 Å². The second-order valence-electron chi connectivity index (χ2n) is 5.98. The Morgan fingerprint density at radius 1 is 1.09 bits per heavy atom. The summed E-state index contributed by atoms with van der Waals surface area (Å²) >= 11 is 0. The van der Waals surface area contributed by atoms with Crippen LogP contribution in [0.4, 0.5) is 0 Å². The van der Waals surface area contributed by atoms with Gasteiger partial charge < -0.3 is 4.42 Å². The van der Waals surface area contributed by atoms with Gasteiger partial charge >= 0.3 is 0 Å². The highest BCUT2D eigenvalue weighted by atomic mass is 16.3. The van der Waals surface area contributed by atoms with Gasteiger partial charge in [-0.15, -0.1) is 0 Å². The topological polar surface area (TPSA) is 29.9 Å². The monoisotopic (exact) mass is 303 g/mol. The minimum atomic E-state index is 0.696.